The number of nitrogens with one attached hydrogen (secondary N) is 1. The van der Waals surface area contributed by atoms with Gasteiger partial charge in [0.1, 0.15) is 0 Å². The van der Waals surface area contributed by atoms with Gasteiger partial charge in [0, 0.05) is 42.1 Å². The van der Waals surface area contributed by atoms with Crippen LogP contribution in [-0.4, -0.2) is 41.0 Å². The van der Waals surface area contributed by atoms with Gasteiger partial charge in [0.15, 0.2) is 5.75 Å². The molecule has 9 heteroatoms. The molecule has 2 aromatic rings. The van der Waals surface area contributed by atoms with Gasteiger partial charge in [-0.3, -0.25) is 14.9 Å². The molecule has 0 spiro atoms. The molecule has 1 N–H and O–H groups in total. The average molecular weight is 385 g/mol. The number of rotatable bonds is 5. The smallest absolute Gasteiger partial charge is 0.312 e. The number of benzene rings is 1. The number of nitro benzene ring substituents is 1. The van der Waals surface area contributed by atoms with Gasteiger partial charge < -0.3 is 15.0 Å². The number of nitrogens with zero attached hydrogens (tertiary/aromatic N) is 4. The fourth-order valence-electron chi connectivity index (χ4n) is 3.35. The Balaban J connectivity index is 1.62. The lowest BCUT2D eigenvalue weighted by Crippen LogP contribution is -2.39. The fourth-order valence-corrected chi connectivity index (χ4v) is 3.35. The lowest BCUT2D eigenvalue weighted by molar-refractivity contribution is -0.385. The maximum absolute atomic E-state index is 12.6. The molecule has 0 radical (unpaired) electrons. The molecule has 0 aliphatic carbocycles. The Morgan fingerprint density at radius 3 is 2.43 bits per heavy atom. The summed E-state index contributed by atoms with van der Waals surface area (Å²) in [4.78, 5) is 34.2. The number of methoxy groups -OCH3 is 1. The number of nitro groups is 1. The van der Waals surface area contributed by atoms with Crippen LogP contribution in [0.2, 0.25) is 0 Å². The minimum absolute atomic E-state index is 0.138. The highest BCUT2D eigenvalue weighted by molar-refractivity contribution is 5.93. The number of hydrogen-bond donors (Lipinski definition) is 1. The van der Waals surface area contributed by atoms with Gasteiger partial charge in [-0.25, -0.2) is 9.97 Å². The minimum Gasteiger partial charge on any atom is -0.490 e. The number of carbonyl (C=O) groups is 1. The second kappa shape index (κ2) is 8.20. The van der Waals surface area contributed by atoms with Crippen molar-refractivity contribution < 1.29 is 14.5 Å². The lowest BCUT2D eigenvalue weighted by Gasteiger charge is -2.31. The van der Waals surface area contributed by atoms with Crippen molar-refractivity contribution in [2.24, 2.45) is 5.92 Å². The highest BCUT2D eigenvalue weighted by Crippen LogP contribution is 2.30. The third-order valence-electron chi connectivity index (χ3n) is 4.76. The zero-order valence-electron chi connectivity index (χ0n) is 16.1. The molecule has 2 heterocycles. The molecule has 1 aliphatic rings. The Labute approximate surface area is 162 Å². The van der Waals surface area contributed by atoms with Gasteiger partial charge in [0.05, 0.1) is 12.0 Å². The Morgan fingerprint density at radius 1 is 1.21 bits per heavy atom. The third-order valence-corrected chi connectivity index (χ3v) is 4.76. The van der Waals surface area contributed by atoms with Crippen LogP contribution in [0.1, 0.15) is 24.2 Å². The number of carbonyl (C=O) groups excluding carboxylic acids is 1. The van der Waals surface area contributed by atoms with Crippen molar-refractivity contribution in [3.05, 3.63) is 45.8 Å². The van der Waals surface area contributed by atoms with Gasteiger partial charge in [0.25, 0.3) is 0 Å². The predicted molar refractivity (Wildman–Crippen MR) is 105 cm³/mol. The number of amides is 1. The van der Waals surface area contributed by atoms with Gasteiger partial charge >= 0.3 is 5.69 Å². The monoisotopic (exact) mass is 385 g/mol. The van der Waals surface area contributed by atoms with E-state index in [0.29, 0.717) is 37.6 Å². The van der Waals surface area contributed by atoms with E-state index in [1.807, 2.05) is 19.9 Å². The summed E-state index contributed by atoms with van der Waals surface area (Å²) in [6, 6.07) is 6.32. The van der Waals surface area contributed by atoms with Crippen molar-refractivity contribution >= 4 is 23.2 Å². The maximum Gasteiger partial charge on any atom is 0.312 e. The van der Waals surface area contributed by atoms with Crippen LogP contribution in [-0.2, 0) is 4.79 Å². The quantitative estimate of drug-likeness (QED) is 0.622. The summed E-state index contributed by atoms with van der Waals surface area (Å²) in [7, 11) is 1.37. The minimum atomic E-state index is -0.531. The SMILES string of the molecule is COc1ccc(NC(=O)C2CCN(c3nc(C)cc(C)n3)CC2)cc1[N+](=O)[O-]. The second-order valence-electron chi connectivity index (χ2n) is 6.85. The van der Waals surface area contributed by atoms with Crippen LogP contribution in [0, 0.1) is 29.9 Å². The molecule has 1 amide bonds. The highest BCUT2D eigenvalue weighted by atomic mass is 16.6. The first-order valence-electron chi connectivity index (χ1n) is 9.08. The van der Waals surface area contributed by atoms with Gasteiger partial charge in [-0.1, -0.05) is 0 Å². The summed E-state index contributed by atoms with van der Waals surface area (Å²) < 4.78 is 4.98. The molecule has 0 unspecified atom stereocenters. The van der Waals surface area contributed by atoms with Crippen LogP contribution in [0.4, 0.5) is 17.3 Å². The molecule has 1 aliphatic heterocycles. The van der Waals surface area contributed by atoms with E-state index in [1.165, 1.54) is 19.2 Å². The van der Waals surface area contributed by atoms with E-state index in [-0.39, 0.29) is 23.3 Å². The highest BCUT2D eigenvalue weighted by Gasteiger charge is 2.27. The summed E-state index contributed by atoms with van der Waals surface area (Å²) in [6.45, 7) is 5.24. The molecular formula is C19H23N5O4. The molecule has 0 atom stereocenters. The van der Waals surface area contributed by atoms with Crippen molar-refractivity contribution in [1.29, 1.82) is 0 Å². The Bertz CT molecular complexity index is 874. The van der Waals surface area contributed by atoms with Crippen LogP contribution < -0.4 is 15.0 Å². The van der Waals surface area contributed by atoms with Gasteiger partial charge in [-0.15, -0.1) is 0 Å². The van der Waals surface area contributed by atoms with Gasteiger partial charge in [-0.2, -0.15) is 0 Å². The van der Waals surface area contributed by atoms with E-state index in [1.54, 1.807) is 6.07 Å². The van der Waals surface area contributed by atoms with Crippen LogP contribution in [0.5, 0.6) is 5.75 Å². The Kier molecular flexibility index (Phi) is 5.72. The van der Waals surface area contributed by atoms with E-state index < -0.39 is 4.92 Å². The van der Waals surface area contributed by atoms with Crippen molar-refractivity contribution in [1.82, 2.24) is 9.97 Å². The van der Waals surface area contributed by atoms with E-state index in [9.17, 15) is 14.9 Å². The van der Waals surface area contributed by atoms with E-state index in [4.69, 9.17) is 4.74 Å². The van der Waals surface area contributed by atoms with Crippen molar-refractivity contribution in [2.45, 2.75) is 26.7 Å². The molecule has 3 rings (SSSR count). The Morgan fingerprint density at radius 2 is 1.86 bits per heavy atom. The van der Waals surface area contributed by atoms with Crippen molar-refractivity contribution in [3.63, 3.8) is 0 Å². The normalized spacial score (nSPS) is 14.6. The zero-order valence-corrected chi connectivity index (χ0v) is 16.1. The Hall–Kier alpha value is -3.23. The number of aryl methyl sites for hydroxylation is 2. The first-order valence-corrected chi connectivity index (χ1v) is 9.08. The molecule has 9 nitrogen and oxygen atoms in total. The van der Waals surface area contributed by atoms with Crippen molar-refractivity contribution in [3.8, 4) is 5.75 Å². The molecule has 0 saturated carbocycles. The van der Waals surface area contributed by atoms with E-state index in [0.717, 1.165) is 11.4 Å². The first kappa shape index (κ1) is 19.5. The molecule has 1 fully saturated rings. The molecule has 28 heavy (non-hydrogen) atoms. The summed E-state index contributed by atoms with van der Waals surface area (Å²) in [5.74, 6) is 0.552. The number of hydrogen-bond acceptors (Lipinski definition) is 7. The standard InChI is InChI=1S/C19H23N5O4/c1-12-10-13(2)21-19(20-12)23-8-6-14(7-9-23)18(25)22-15-4-5-17(28-3)16(11-15)24(26)27/h4-5,10-11,14H,6-9H2,1-3H3,(H,22,25). The summed E-state index contributed by atoms with van der Waals surface area (Å²) in [6.07, 6.45) is 1.33. The van der Waals surface area contributed by atoms with Crippen LogP contribution >= 0.6 is 0 Å². The number of aromatic nitrogens is 2. The summed E-state index contributed by atoms with van der Waals surface area (Å²) in [5, 5.41) is 13.9. The third kappa shape index (κ3) is 4.36. The molecule has 1 aromatic heterocycles. The molecular weight excluding hydrogens is 362 g/mol. The van der Waals surface area contributed by atoms with Gasteiger partial charge in [-0.05, 0) is 44.9 Å². The average Bonchev–Trinajstić information content (AvgIpc) is 2.67. The fraction of sp³-hybridized carbons (Fsp3) is 0.421. The number of anilines is 2. The largest absolute Gasteiger partial charge is 0.490 e. The molecule has 1 aromatic carbocycles. The number of ether oxygens (including phenoxy) is 1. The predicted octanol–water partition coefficient (Wildman–Crippen LogP) is 2.87. The second-order valence-corrected chi connectivity index (χ2v) is 6.85. The summed E-state index contributed by atoms with van der Waals surface area (Å²) in [5.41, 5.74) is 2.05. The topological polar surface area (TPSA) is 110 Å². The van der Waals surface area contributed by atoms with Crippen LogP contribution in [0.15, 0.2) is 24.3 Å². The molecule has 1 saturated heterocycles. The van der Waals surface area contributed by atoms with Crippen molar-refractivity contribution in [2.75, 3.05) is 30.4 Å². The van der Waals surface area contributed by atoms with Gasteiger partial charge in [0.2, 0.25) is 11.9 Å². The van der Waals surface area contributed by atoms with Crippen LogP contribution in [0.3, 0.4) is 0 Å². The van der Waals surface area contributed by atoms with E-state index in [2.05, 4.69) is 20.2 Å². The number of piperidine rings is 1. The molecule has 148 valence electrons. The van der Waals surface area contributed by atoms with Crippen LogP contribution in [0.25, 0.3) is 0 Å². The molecule has 0 bridgehead atoms. The summed E-state index contributed by atoms with van der Waals surface area (Å²) >= 11 is 0. The van der Waals surface area contributed by atoms with E-state index >= 15 is 0 Å². The first-order chi connectivity index (χ1) is 13.4. The maximum atomic E-state index is 12.6. The zero-order chi connectivity index (χ0) is 20.3. The lowest BCUT2D eigenvalue weighted by atomic mass is 9.96.